The number of H-pyrrole nitrogens is 1. The lowest BCUT2D eigenvalue weighted by molar-refractivity contribution is 0.408. The Kier molecular flexibility index (Phi) is 4.10. The van der Waals surface area contributed by atoms with E-state index in [0.717, 1.165) is 21.7 Å². The molecular weight excluding hydrogens is 352 g/mol. The Morgan fingerprint density at radius 2 is 1.96 bits per heavy atom. The quantitative estimate of drug-likeness (QED) is 0.598. The largest absolute Gasteiger partial charge is 0.496 e. The number of methoxy groups -OCH3 is 1. The molecule has 1 aromatic carbocycles. The number of aromatic amines is 1. The monoisotopic (exact) mass is 366 g/mol. The highest BCUT2D eigenvalue weighted by molar-refractivity contribution is 7.13. The van der Waals surface area contributed by atoms with E-state index < -0.39 is 5.69 Å². The minimum Gasteiger partial charge on any atom is -0.496 e. The lowest BCUT2D eigenvalue weighted by Crippen LogP contribution is -2.35. The van der Waals surface area contributed by atoms with Gasteiger partial charge in [-0.15, -0.1) is 0 Å². The zero-order valence-corrected chi connectivity index (χ0v) is 14.6. The van der Waals surface area contributed by atoms with Gasteiger partial charge in [0.05, 0.1) is 24.9 Å². The van der Waals surface area contributed by atoms with Gasteiger partial charge in [-0.05, 0) is 29.7 Å². The first kappa shape index (κ1) is 16.2. The molecule has 1 N–H and O–H groups in total. The van der Waals surface area contributed by atoms with Crippen molar-refractivity contribution in [1.82, 2.24) is 18.9 Å². The molecule has 0 radical (unpaired) electrons. The molecule has 0 bridgehead atoms. The highest BCUT2D eigenvalue weighted by atomic mass is 32.1. The van der Waals surface area contributed by atoms with Crippen LogP contribution in [0, 0.1) is 0 Å². The van der Waals surface area contributed by atoms with E-state index in [1.165, 1.54) is 0 Å². The average molecular weight is 366 g/mol. The van der Waals surface area contributed by atoms with Crippen molar-refractivity contribution in [3.05, 3.63) is 75.1 Å². The smallest absolute Gasteiger partial charge is 0.329 e. The fourth-order valence-corrected chi connectivity index (χ4v) is 3.56. The molecule has 4 aromatic rings. The zero-order chi connectivity index (χ0) is 18.1. The Balaban J connectivity index is 1.86. The van der Waals surface area contributed by atoms with Crippen LogP contribution in [-0.2, 0) is 6.54 Å². The number of rotatable bonds is 4. The Hall–Kier alpha value is -3.26. The van der Waals surface area contributed by atoms with Gasteiger partial charge < -0.3 is 9.72 Å². The highest BCUT2D eigenvalue weighted by Crippen LogP contribution is 2.25. The molecule has 3 aromatic heterocycles. The van der Waals surface area contributed by atoms with Crippen molar-refractivity contribution in [2.75, 3.05) is 7.11 Å². The van der Waals surface area contributed by atoms with Crippen LogP contribution in [0.2, 0.25) is 0 Å². The fraction of sp³-hybridized carbons (Fsp3) is 0.111. The molecule has 0 fully saturated rings. The van der Waals surface area contributed by atoms with Crippen molar-refractivity contribution in [3.8, 4) is 17.1 Å². The number of nitrogens with zero attached hydrogens (tertiary/aromatic N) is 3. The van der Waals surface area contributed by atoms with E-state index in [0.29, 0.717) is 27.4 Å². The summed E-state index contributed by atoms with van der Waals surface area (Å²) in [6.45, 7) is 0.116. The third-order valence-corrected chi connectivity index (χ3v) is 4.87. The van der Waals surface area contributed by atoms with E-state index in [2.05, 4.69) is 14.3 Å². The molecule has 0 spiro atoms. The van der Waals surface area contributed by atoms with Crippen molar-refractivity contribution in [3.63, 3.8) is 0 Å². The van der Waals surface area contributed by atoms with Crippen LogP contribution in [0.15, 0.2) is 58.3 Å². The van der Waals surface area contributed by atoms with Gasteiger partial charge in [-0.25, -0.2) is 4.79 Å². The molecule has 0 amide bonds. The summed E-state index contributed by atoms with van der Waals surface area (Å²) in [7, 11) is 1.55. The summed E-state index contributed by atoms with van der Waals surface area (Å²) in [5, 5.41) is 0. The lowest BCUT2D eigenvalue weighted by atomic mass is 10.2. The molecule has 0 unspecified atom stereocenters. The summed E-state index contributed by atoms with van der Waals surface area (Å²) in [5.41, 5.74) is 1.40. The molecule has 0 aliphatic rings. The summed E-state index contributed by atoms with van der Waals surface area (Å²) < 4.78 is 11.2. The fourth-order valence-electron chi connectivity index (χ4n) is 2.77. The number of hydrogen-bond donors (Lipinski definition) is 1. The van der Waals surface area contributed by atoms with Crippen molar-refractivity contribution in [2.24, 2.45) is 0 Å². The molecular formula is C18H14N4O3S. The van der Waals surface area contributed by atoms with Crippen molar-refractivity contribution < 1.29 is 4.74 Å². The van der Waals surface area contributed by atoms with Gasteiger partial charge in [0.15, 0.2) is 0 Å². The second-order valence-corrected chi connectivity index (χ2v) is 6.36. The standard InChI is InChI=1S/C18H14N4O3S/c1-25-13-8-3-2-6-11(13)10-22-17(23)16-15(20-18(22)24)14(21-26-16)12-7-4-5-9-19-12/h2-9H,10H2,1H3,(H,20,24). The SMILES string of the molecule is COc1ccccc1Cn1c(=O)[nH]c2c(-c3ccccn3)nsc2c1=O. The molecule has 0 aliphatic heterocycles. The van der Waals surface area contributed by atoms with Crippen LogP contribution < -0.4 is 16.0 Å². The second-order valence-electron chi connectivity index (χ2n) is 5.58. The first-order valence-electron chi connectivity index (χ1n) is 7.85. The second kappa shape index (κ2) is 6.57. The number of benzene rings is 1. The number of para-hydroxylation sites is 1. The summed E-state index contributed by atoms with van der Waals surface area (Å²) >= 11 is 1.05. The molecule has 0 atom stereocenters. The Bertz CT molecular complexity index is 1190. The van der Waals surface area contributed by atoms with Crippen LogP contribution >= 0.6 is 11.5 Å². The Morgan fingerprint density at radius 3 is 2.73 bits per heavy atom. The minimum absolute atomic E-state index is 0.116. The summed E-state index contributed by atoms with van der Waals surface area (Å²) in [5.74, 6) is 0.623. The summed E-state index contributed by atoms with van der Waals surface area (Å²) in [4.78, 5) is 32.4. The lowest BCUT2D eigenvalue weighted by Gasteiger charge is -2.09. The maximum absolute atomic E-state index is 12.9. The van der Waals surface area contributed by atoms with E-state index in [1.54, 1.807) is 31.5 Å². The zero-order valence-electron chi connectivity index (χ0n) is 13.8. The summed E-state index contributed by atoms with van der Waals surface area (Å²) in [6.07, 6.45) is 1.64. The Labute approximate surface area is 151 Å². The van der Waals surface area contributed by atoms with Gasteiger partial charge in [0, 0.05) is 11.8 Å². The van der Waals surface area contributed by atoms with Crippen LogP contribution in [-0.4, -0.2) is 26.0 Å². The van der Waals surface area contributed by atoms with Crippen LogP contribution in [0.4, 0.5) is 0 Å². The van der Waals surface area contributed by atoms with Gasteiger partial charge in [0.2, 0.25) is 0 Å². The molecule has 26 heavy (non-hydrogen) atoms. The topological polar surface area (TPSA) is 89.9 Å². The first-order chi connectivity index (χ1) is 12.7. The number of fused-ring (bicyclic) bond motifs is 1. The molecule has 3 heterocycles. The van der Waals surface area contributed by atoms with Crippen molar-refractivity contribution in [1.29, 1.82) is 0 Å². The van der Waals surface area contributed by atoms with Crippen LogP contribution in [0.5, 0.6) is 5.75 Å². The molecule has 0 saturated carbocycles. The van der Waals surface area contributed by atoms with E-state index in [4.69, 9.17) is 4.74 Å². The van der Waals surface area contributed by atoms with E-state index >= 15 is 0 Å². The van der Waals surface area contributed by atoms with E-state index in [1.807, 2.05) is 24.3 Å². The van der Waals surface area contributed by atoms with Crippen LogP contribution in [0.3, 0.4) is 0 Å². The first-order valence-corrected chi connectivity index (χ1v) is 8.62. The third kappa shape index (κ3) is 2.70. The number of hydrogen-bond acceptors (Lipinski definition) is 6. The van der Waals surface area contributed by atoms with Gasteiger partial charge in [-0.3, -0.25) is 14.3 Å². The number of ether oxygens (including phenoxy) is 1. The van der Waals surface area contributed by atoms with Gasteiger partial charge in [0.25, 0.3) is 5.56 Å². The van der Waals surface area contributed by atoms with Crippen molar-refractivity contribution >= 4 is 21.7 Å². The minimum atomic E-state index is -0.495. The number of nitrogens with one attached hydrogen (secondary N) is 1. The molecule has 130 valence electrons. The highest BCUT2D eigenvalue weighted by Gasteiger charge is 2.17. The third-order valence-electron chi connectivity index (χ3n) is 4.04. The Morgan fingerprint density at radius 1 is 1.15 bits per heavy atom. The maximum atomic E-state index is 12.9. The summed E-state index contributed by atoms with van der Waals surface area (Å²) in [6, 6.07) is 12.7. The van der Waals surface area contributed by atoms with Gasteiger partial charge in [-0.2, -0.15) is 4.37 Å². The molecule has 0 saturated heterocycles. The van der Waals surface area contributed by atoms with Gasteiger partial charge >= 0.3 is 5.69 Å². The van der Waals surface area contributed by atoms with E-state index in [9.17, 15) is 9.59 Å². The predicted octanol–water partition coefficient (Wildman–Crippen LogP) is 2.27. The normalized spacial score (nSPS) is 11.0. The molecule has 8 heteroatoms. The van der Waals surface area contributed by atoms with E-state index in [-0.39, 0.29) is 12.1 Å². The van der Waals surface area contributed by atoms with Crippen molar-refractivity contribution in [2.45, 2.75) is 6.54 Å². The molecule has 0 aliphatic carbocycles. The van der Waals surface area contributed by atoms with Crippen LogP contribution in [0.25, 0.3) is 21.6 Å². The molecule has 4 rings (SSSR count). The molecule has 7 nitrogen and oxygen atoms in total. The maximum Gasteiger partial charge on any atom is 0.329 e. The van der Waals surface area contributed by atoms with Crippen LogP contribution in [0.1, 0.15) is 5.56 Å². The number of pyridine rings is 1. The average Bonchev–Trinajstić information content (AvgIpc) is 3.10. The van der Waals surface area contributed by atoms with Gasteiger partial charge in [0.1, 0.15) is 16.1 Å². The number of aromatic nitrogens is 4. The van der Waals surface area contributed by atoms with Gasteiger partial charge in [-0.1, -0.05) is 24.3 Å². The predicted molar refractivity (Wildman–Crippen MR) is 99.8 cm³/mol.